The van der Waals surface area contributed by atoms with E-state index in [4.69, 9.17) is 0 Å². The number of carbonyl (C=O) groups is 4. The zero-order valence-corrected chi connectivity index (χ0v) is 21.0. The second-order valence-corrected chi connectivity index (χ2v) is 12.4. The molecule has 4 aliphatic heterocycles. The van der Waals surface area contributed by atoms with E-state index in [2.05, 4.69) is 0 Å². The fourth-order valence-corrected chi connectivity index (χ4v) is 8.06. The molecule has 0 aromatic heterocycles. The van der Waals surface area contributed by atoms with E-state index >= 15 is 0 Å². The largest absolute Gasteiger partial charge is 0.393 e. The molecule has 2 saturated heterocycles. The minimum absolute atomic E-state index is 0.0227. The van der Waals surface area contributed by atoms with Gasteiger partial charge in [0.1, 0.15) is 0 Å². The summed E-state index contributed by atoms with van der Waals surface area (Å²) >= 11 is 3.24. The molecule has 184 valence electrons. The summed E-state index contributed by atoms with van der Waals surface area (Å²) in [5.74, 6) is 1.09. The van der Waals surface area contributed by atoms with Gasteiger partial charge in [0.2, 0.25) is 11.8 Å². The van der Waals surface area contributed by atoms with Crippen LogP contribution < -0.4 is 0 Å². The van der Waals surface area contributed by atoms with Gasteiger partial charge in [0.15, 0.2) is 0 Å². The minimum Gasteiger partial charge on any atom is -0.393 e. The molecule has 4 amide bonds. The lowest BCUT2D eigenvalue weighted by Crippen LogP contribution is -2.50. The van der Waals surface area contributed by atoms with Crippen LogP contribution in [0.1, 0.15) is 64.2 Å². The van der Waals surface area contributed by atoms with Gasteiger partial charge in [-0.05, 0) is 75.7 Å². The molecule has 0 spiro atoms. The van der Waals surface area contributed by atoms with Gasteiger partial charge in [0.25, 0.3) is 11.8 Å². The van der Waals surface area contributed by atoms with Crippen LogP contribution >= 0.6 is 23.5 Å². The Hall–Kier alpha value is -1.58. The number of rotatable bonds is 10. The van der Waals surface area contributed by atoms with E-state index in [-0.39, 0.29) is 41.0 Å². The summed E-state index contributed by atoms with van der Waals surface area (Å²) in [5, 5.41) is 10.4. The Morgan fingerprint density at radius 1 is 0.882 bits per heavy atom. The van der Waals surface area contributed by atoms with Crippen molar-refractivity contribution in [3.05, 3.63) is 22.0 Å². The van der Waals surface area contributed by atoms with Crippen molar-refractivity contribution in [2.24, 2.45) is 11.8 Å². The highest BCUT2D eigenvalue weighted by atomic mass is 32.2. The molecule has 4 heterocycles. The Morgan fingerprint density at radius 3 is 2.18 bits per heavy atom. The molecule has 3 fully saturated rings. The Bertz CT molecular complexity index is 957. The van der Waals surface area contributed by atoms with Gasteiger partial charge >= 0.3 is 0 Å². The number of amides is 4. The Labute approximate surface area is 208 Å². The Balaban J connectivity index is 1.03. The van der Waals surface area contributed by atoms with Crippen molar-refractivity contribution in [3.8, 4) is 0 Å². The molecule has 34 heavy (non-hydrogen) atoms. The lowest BCUT2D eigenvalue weighted by Gasteiger charge is -2.34. The minimum atomic E-state index is -0.452. The van der Waals surface area contributed by atoms with Crippen molar-refractivity contribution in [2.45, 2.75) is 75.9 Å². The van der Waals surface area contributed by atoms with Gasteiger partial charge in [-0.25, -0.2) is 0 Å². The summed E-state index contributed by atoms with van der Waals surface area (Å²) in [4.78, 5) is 55.2. The van der Waals surface area contributed by atoms with Crippen LogP contribution in [0, 0.1) is 11.8 Å². The molecule has 3 unspecified atom stereocenters. The molecule has 0 bridgehead atoms. The zero-order chi connectivity index (χ0) is 23.9. The molecule has 1 aliphatic carbocycles. The molecular formula is C25H32N2O5S2. The first-order valence-corrected chi connectivity index (χ1v) is 14.5. The number of hydrogen-bond donors (Lipinski definition) is 1. The Kier molecular flexibility index (Phi) is 6.97. The number of nitrogens with zero attached hydrogens (tertiary/aromatic N) is 2. The van der Waals surface area contributed by atoms with Crippen molar-refractivity contribution in [1.82, 2.24) is 9.80 Å². The lowest BCUT2D eigenvalue weighted by atomic mass is 9.95. The first-order valence-electron chi connectivity index (χ1n) is 12.5. The number of carbonyl (C=O) groups excluding carboxylic acids is 4. The summed E-state index contributed by atoms with van der Waals surface area (Å²) in [6.07, 6.45) is 10.4. The average Bonchev–Trinajstić information content (AvgIpc) is 3.18. The predicted molar refractivity (Wildman–Crippen MR) is 132 cm³/mol. The number of aliphatic hydroxyl groups excluding tert-OH is 1. The predicted octanol–water partition coefficient (Wildman–Crippen LogP) is 3.23. The molecule has 9 heteroatoms. The number of aliphatic hydroxyl groups is 1. The molecule has 0 aromatic rings. The fraction of sp³-hybridized carbons (Fsp3) is 0.680. The van der Waals surface area contributed by atoms with E-state index in [1.54, 1.807) is 35.7 Å². The van der Waals surface area contributed by atoms with Gasteiger partial charge in [-0.1, -0.05) is 0 Å². The number of hydrogen-bond acceptors (Lipinski definition) is 7. The van der Waals surface area contributed by atoms with E-state index in [0.717, 1.165) is 66.3 Å². The third kappa shape index (κ3) is 4.63. The second kappa shape index (κ2) is 9.82. The van der Waals surface area contributed by atoms with Gasteiger partial charge in [-0.2, -0.15) is 0 Å². The summed E-state index contributed by atoms with van der Waals surface area (Å²) in [6.45, 7) is 0.409. The van der Waals surface area contributed by atoms with Crippen LogP contribution in [0.2, 0.25) is 0 Å². The molecule has 3 atom stereocenters. The SMILES string of the molecule is O=C1C=C2SCCC2C(=O)N1CCCCC(O)CCCC1(N2C(=O)C=C3SCCC3C2=O)CC1. The highest BCUT2D eigenvalue weighted by Crippen LogP contribution is 2.50. The first-order chi connectivity index (χ1) is 16.4. The monoisotopic (exact) mass is 504 g/mol. The summed E-state index contributed by atoms with van der Waals surface area (Å²) < 4.78 is 0. The summed E-state index contributed by atoms with van der Waals surface area (Å²) in [6, 6.07) is 0. The number of imide groups is 2. The van der Waals surface area contributed by atoms with Crippen LogP contribution in [0.5, 0.6) is 0 Å². The smallest absolute Gasteiger partial charge is 0.254 e. The molecule has 1 saturated carbocycles. The second-order valence-electron chi connectivity index (χ2n) is 10.1. The topological polar surface area (TPSA) is 95.0 Å². The van der Waals surface area contributed by atoms with Crippen LogP contribution in [-0.4, -0.2) is 68.2 Å². The molecule has 5 rings (SSSR count). The van der Waals surface area contributed by atoms with E-state index < -0.39 is 6.10 Å². The van der Waals surface area contributed by atoms with Crippen molar-refractivity contribution in [2.75, 3.05) is 18.1 Å². The average molecular weight is 505 g/mol. The third-order valence-corrected chi connectivity index (χ3v) is 10.1. The normalized spacial score (nSPS) is 28.6. The van der Waals surface area contributed by atoms with Gasteiger partial charge < -0.3 is 5.11 Å². The van der Waals surface area contributed by atoms with Crippen molar-refractivity contribution < 1.29 is 24.3 Å². The van der Waals surface area contributed by atoms with Crippen LogP contribution in [0.3, 0.4) is 0 Å². The maximum Gasteiger partial charge on any atom is 0.254 e. The summed E-state index contributed by atoms with van der Waals surface area (Å²) in [7, 11) is 0. The third-order valence-electron chi connectivity index (χ3n) is 7.79. The number of thioether (sulfide) groups is 2. The van der Waals surface area contributed by atoms with E-state index in [0.29, 0.717) is 25.8 Å². The van der Waals surface area contributed by atoms with Gasteiger partial charge in [-0.15, -0.1) is 23.5 Å². The fourth-order valence-electron chi connectivity index (χ4n) is 5.68. The molecule has 1 N–H and O–H groups in total. The molecule has 0 radical (unpaired) electrons. The van der Waals surface area contributed by atoms with E-state index in [9.17, 15) is 24.3 Å². The maximum atomic E-state index is 13.0. The van der Waals surface area contributed by atoms with Crippen LogP contribution in [0.15, 0.2) is 22.0 Å². The standard InChI is InChI=1S/C25H32N2O5S2/c28-16(4-1-2-11-26-21(29)14-19-17(23(26)31)6-12-33-19)5-3-8-25(9-10-25)27-22(30)15-20-18(24(27)32)7-13-34-20/h14-18,28H,1-13H2. The van der Waals surface area contributed by atoms with Crippen LogP contribution in [0.25, 0.3) is 0 Å². The van der Waals surface area contributed by atoms with Gasteiger partial charge in [0.05, 0.1) is 23.5 Å². The van der Waals surface area contributed by atoms with Crippen LogP contribution in [0.4, 0.5) is 0 Å². The molecule has 0 aromatic carbocycles. The van der Waals surface area contributed by atoms with E-state index in [1.165, 1.54) is 9.80 Å². The molecular weight excluding hydrogens is 472 g/mol. The van der Waals surface area contributed by atoms with Crippen molar-refractivity contribution in [3.63, 3.8) is 0 Å². The quantitative estimate of drug-likeness (QED) is 0.361. The number of unbranched alkanes of at least 4 members (excludes halogenated alkanes) is 1. The van der Waals surface area contributed by atoms with Gasteiger partial charge in [0, 0.05) is 28.5 Å². The number of fused-ring (bicyclic) bond motifs is 2. The van der Waals surface area contributed by atoms with Gasteiger partial charge in [-0.3, -0.25) is 29.0 Å². The highest BCUT2D eigenvalue weighted by Gasteiger charge is 2.55. The van der Waals surface area contributed by atoms with Crippen LogP contribution in [-0.2, 0) is 19.2 Å². The van der Waals surface area contributed by atoms with E-state index in [1.807, 2.05) is 0 Å². The van der Waals surface area contributed by atoms with Crippen molar-refractivity contribution >= 4 is 47.2 Å². The highest BCUT2D eigenvalue weighted by molar-refractivity contribution is 8.03. The first kappa shape index (κ1) is 24.1. The molecule has 5 aliphatic rings. The summed E-state index contributed by atoms with van der Waals surface area (Å²) in [5.41, 5.74) is -0.344. The van der Waals surface area contributed by atoms with Crippen molar-refractivity contribution in [1.29, 1.82) is 0 Å². The lowest BCUT2D eigenvalue weighted by molar-refractivity contribution is -0.149. The maximum absolute atomic E-state index is 13.0. The Morgan fingerprint density at radius 2 is 1.50 bits per heavy atom. The molecule has 7 nitrogen and oxygen atoms in total. The zero-order valence-electron chi connectivity index (χ0n) is 19.4.